The number of fused-ring (bicyclic) bond motifs is 2. The Morgan fingerprint density at radius 1 is 1.12 bits per heavy atom. The number of aryl methyl sites for hydroxylation is 1. The van der Waals surface area contributed by atoms with Crippen LogP contribution in [0.1, 0.15) is 29.8 Å². The lowest BCUT2D eigenvalue weighted by atomic mass is 10.0. The molecule has 1 saturated heterocycles. The maximum atomic E-state index is 13.6. The van der Waals surface area contributed by atoms with Crippen molar-refractivity contribution in [3.8, 4) is 0 Å². The molecule has 0 radical (unpaired) electrons. The first-order valence-electron chi connectivity index (χ1n) is 10.7. The van der Waals surface area contributed by atoms with Gasteiger partial charge in [-0.3, -0.25) is 9.78 Å². The Bertz CT molecular complexity index is 1320. The first-order chi connectivity index (χ1) is 15.5. The highest BCUT2D eigenvalue weighted by Gasteiger charge is 2.29. The Kier molecular flexibility index (Phi) is 5.20. The van der Waals surface area contributed by atoms with E-state index in [0.717, 1.165) is 42.3 Å². The zero-order valence-corrected chi connectivity index (χ0v) is 17.7. The molecule has 1 fully saturated rings. The quantitative estimate of drug-likeness (QED) is 0.513. The molecule has 1 amide bonds. The molecule has 0 spiro atoms. The average molecular weight is 435 g/mol. The maximum Gasteiger partial charge on any atom is 0.270 e. The number of hydrogen-bond acceptors (Lipinski definition) is 4. The van der Waals surface area contributed by atoms with Crippen LogP contribution in [0.15, 0.2) is 48.7 Å². The fourth-order valence-electron chi connectivity index (χ4n) is 4.44. The number of piperidine rings is 1. The van der Waals surface area contributed by atoms with Crippen molar-refractivity contribution in [1.29, 1.82) is 0 Å². The van der Waals surface area contributed by atoms with E-state index in [4.69, 9.17) is 0 Å². The summed E-state index contributed by atoms with van der Waals surface area (Å²) in [5.41, 5.74) is 2.26. The molecule has 1 aliphatic rings. The molecule has 32 heavy (non-hydrogen) atoms. The van der Waals surface area contributed by atoms with Gasteiger partial charge < -0.3 is 14.8 Å². The second kappa shape index (κ2) is 8.18. The van der Waals surface area contributed by atoms with Gasteiger partial charge >= 0.3 is 0 Å². The van der Waals surface area contributed by atoms with Crippen LogP contribution in [-0.2, 0) is 7.05 Å². The highest BCUT2D eigenvalue weighted by atomic mass is 19.2. The van der Waals surface area contributed by atoms with E-state index in [9.17, 15) is 13.6 Å². The van der Waals surface area contributed by atoms with Crippen molar-refractivity contribution in [3.05, 3.63) is 66.0 Å². The lowest BCUT2D eigenvalue weighted by molar-refractivity contribution is 0.0619. The molecule has 2 aromatic heterocycles. The van der Waals surface area contributed by atoms with Crippen LogP contribution in [-0.4, -0.2) is 44.5 Å². The Balaban J connectivity index is 1.35. The number of likely N-dealkylation sites (tertiary alicyclic amines) is 1. The second-order valence-corrected chi connectivity index (χ2v) is 8.19. The summed E-state index contributed by atoms with van der Waals surface area (Å²) in [5, 5.41) is 4.27. The van der Waals surface area contributed by atoms with Crippen molar-refractivity contribution in [2.75, 3.05) is 18.4 Å². The molecule has 0 bridgehead atoms. The third-order valence-electron chi connectivity index (χ3n) is 6.16. The van der Waals surface area contributed by atoms with E-state index < -0.39 is 11.6 Å². The third-order valence-corrected chi connectivity index (χ3v) is 6.16. The van der Waals surface area contributed by atoms with Crippen LogP contribution in [0, 0.1) is 11.6 Å². The fraction of sp³-hybridized carbons (Fsp3) is 0.292. The summed E-state index contributed by atoms with van der Waals surface area (Å²) in [5.74, 6) is -1.43. The van der Waals surface area contributed by atoms with Gasteiger partial charge in [0.15, 0.2) is 11.6 Å². The van der Waals surface area contributed by atoms with Crippen molar-refractivity contribution in [2.24, 2.45) is 7.05 Å². The minimum atomic E-state index is -0.956. The summed E-state index contributed by atoms with van der Waals surface area (Å²) < 4.78 is 28.9. The van der Waals surface area contributed by atoms with E-state index in [1.807, 2.05) is 46.8 Å². The molecule has 3 heterocycles. The first-order valence-corrected chi connectivity index (χ1v) is 10.7. The number of anilines is 1. The van der Waals surface area contributed by atoms with Crippen molar-refractivity contribution < 1.29 is 13.6 Å². The molecule has 1 atom stereocenters. The number of nitrogens with zero attached hydrogens (tertiary/aromatic N) is 4. The van der Waals surface area contributed by atoms with Crippen LogP contribution in [0.3, 0.4) is 0 Å². The molecule has 6 nitrogen and oxygen atoms in total. The summed E-state index contributed by atoms with van der Waals surface area (Å²) in [6.07, 6.45) is 4.38. The standard InChI is InChI=1S/C24H23F2N5O/c1-30-21-8-3-2-6-15(21)10-22(30)24(32)31-9-5-4-7-16(31)13-28-23-14-27-19-11-17(25)18(26)12-20(19)29-23/h2-3,6,8,10-12,14,16H,4-5,7,9,13H2,1H3,(H,28,29). The Labute approximate surface area is 183 Å². The summed E-state index contributed by atoms with van der Waals surface area (Å²) in [6.45, 7) is 1.19. The van der Waals surface area contributed by atoms with Gasteiger partial charge in [-0.05, 0) is 31.4 Å². The predicted octanol–water partition coefficient (Wildman–Crippen LogP) is 4.51. The first kappa shape index (κ1) is 20.4. The van der Waals surface area contributed by atoms with Crippen LogP contribution in [0.2, 0.25) is 0 Å². The number of nitrogens with one attached hydrogen (secondary N) is 1. The zero-order valence-electron chi connectivity index (χ0n) is 17.7. The third kappa shape index (κ3) is 3.66. The van der Waals surface area contributed by atoms with Crippen LogP contribution in [0.5, 0.6) is 0 Å². The maximum absolute atomic E-state index is 13.6. The van der Waals surface area contributed by atoms with E-state index >= 15 is 0 Å². The van der Waals surface area contributed by atoms with Crippen LogP contribution in [0.4, 0.5) is 14.6 Å². The van der Waals surface area contributed by atoms with Crippen molar-refractivity contribution in [1.82, 2.24) is 19.4 Å². The summed E-state index contributed by atoms with van der Waals surface area (Å²) in [4.78, 5) is 23.9. The van der Waals surface area contributed by atoms with Gasteiger partial charge in [0, 0.05) is 49.2 Å². The Morgan fingerprint density at radius 3 is 2.72 bits per heavy atom. The topological polar surface area (TPSA) is 63.1 Å². The van der Waals surface area contributed by atoms with E-state index in [0.29, 0.717) is 30.1 Å². The molecule has 1 aliphatic heterocycles. The molecule has 164 valence electrons. The highest BCUT2D eigenvalue weighted by molar-refractivity contribution is 5.99. The predicted molar refractivity (Wildman–Crippen MR) is 120 cm³/mol. The van der Waals surface area contributed by atoms with Gasteiger partial charge in [0.25, 0.3) is 5.91 Å². The van der Waals surface area contributed by atoms with E-state index in [2.05, 4.69) is 15.3 Å². The number of hydrogen-bond donors (Lipinski definition) is 1. The smallest absolute Gasteiger partial charge is 0.270 e. The molecule has 2 aromatic carbocycles. The summed E-state index contributed by atoms with van der Waals surface area (Å²) in [7, 11) is 1.92. The van der Waals surface area contributed by atoms with Crippen molar-refractivity contribution >= 4 is 33.7 Å². The SMILES string of the molecule is Cn1c(C(=O)N2CCCCC2CNc2cnc3cc(F)c(F)cc3n2)cc2ccccc21. The van der Waals surface area contributed by atoms with E-state index in [1.165, 1.54) is 6.20 Å². The lowest BCUT2D eigenvalue weighted by Crippen LogP contribution is -2.47. The molecule has 0 aliphatic carbocycles. The summed E-state index contributed by atoms with van der Waals surface area (Å²) in [6, 6.07) is 12.0. The molecule has 1 N–H and O–H groups in total. The van der Waals surface area contributed by atoms with E-state index in [1.54, 1.807) is 0 Å². The van der Waals surface area contributed by atoms with Crippen molar-refractivity contribution in [2.45, 2.75) is 25.3 Å². The minimum absolute atomic E-state index is 0.00304. The number of para-hydroxylation sites is 1. The molecule has 4 aromatic rings. The van der Waals surface area contributed by atoms with Gasteiger partial charge in [0.2, 0.25) is 0 Å². The van der Waals surface area contributed by atoms with Gasteiger partial charge in [0.1, 0.15) is 11.5 Å². The van der Waals surface area contributed by atoms with Crippen LogP contribution < -0.4 is 5.32 Å². The van der Waals surface area contributed by atoms with E-state index in [-0.39, 0.29) is 17.5 Å². The van der Waals surface area contributed by atoms with Gasteiger partial charge in [-0.2, -0.15) is 0 Å². The van der Waals surface area contributed by atoms with Gasteiger partial charge in [-0.1, -0.05) is 18.2 Å². The van der Waals surface area contributed by atoms with Gasteiger partial charge in [-0.25, -0.2) is 13.8 Å². The second-order valence-electron chi connectivity index (χ2n) is 8.19. The summed E-state index contributed by atoms with van der Waals surface area (Å²) >= 11 is 0. The Hall–Kier alpha value is -3.55. The molecule has 0 saturated carbocycles. The Morgan fingerprint density at radius 2 is 1.91 bits per heavy atom. The number of benzene rings is 2. The molecular formula is C24H23F2N5O. The number of aromatic nitrogens is 3. The van der Waals surface area contributed by atoms with Gasteiger partial charge in [0.05, 0.1) is 17.2 Å². The molecule has 1 unspecified atom stereocenters. The lowest BCUT2D eigenvalue weighted by Gasteiger charge is -2.36. The number of halogens is 2. The van der Waals surface area contributed by atoms with Gasteiger partial charge in [-0.15, -0.1) is 0 Å². The van der Waals surface area contributed by atoms with Crippen molar-refractivity contribution in [3.63, 3.8) is 0 Å². The monoisotopic (exact) mass is 435 g/mol. The molecular weight excluding hydrogens is 412 g/mol. The average Bonchev–Trinajstić information content (AvgIpc) is 3.15. The number of carbonyl (C=O) groups is 1. The zero-order chi connectivity index (χ0) is 22.2. The molecule has 8 heteroatoms. The van der Waals surface area contributed by atoms with Crippen LogP contribution in [0.25, 0.3) is 21.9 Å². The van der Waals surface area contributed by atoms with Crippen LogP contribution >= 0.6 is 0 Å². The molecule has 5 rings (SSSR count). The number of rotatable bonds is 4. The highest BCUT2D eigenvalue weighted by Crippen LogP contribution is 2.24. The number of amides is 1. The minimum Gasteiger partial charge on any atom is -0.367 e. The normalized spacial score (nSPS) is 16.6. The number of carbonyl (C=O) groups excluding carboxylic acids is 1. The largest absolute Gasteiger partial charge is 0.367 e. The fourth-order valence-corrected chi connectivity index (χ4v) is 4.44.